The van der Waals surface area contributed by atoms with Gasteiger partial charge in [-0.15, -0.1) is 11.3 Å². The van der Waals surface area contributed by atoms with Crippen LogP contribution < -0.4 is 4.90 Å². The molecule has 6 atom stereocenters. The number of aryl methyl sites for hydroxylation is 1. The van der Waals surface area contributed by atoms with E-state index in [1.807, 2.05) is 35.2 Å². The molecule has 5 N–H and O–H groups in total. The summed E-state index contributed by atoms with van der Waals surface area (Å²) in [5.41, 5.74) is 1.73. The van der Waals surface area contributed by atoms with Crippen molar-refractivity contribution >= 4 is 28.9 Å². The monoisotopic (exact) mass is 591 g/mol. The van der Waals surface area contributed by atoms with Gasteiger partial charge in [0.25, 0.3) is 0 Å². The molecule has 0 spiro atoms. The van der Waals surface area contributed by atoms with Crippen LogP contribution in [0.3, 0.4) is 0 Å². The number of thiophene rings is 1. The fourth-order valence-electron chi connectivity index (χ4n) is 5.14. The number of hydrogen-bond acceptors (Lipinski definition) is 9. The van der Waals surface area contributed by atoms with Crippen LogP contribution in [0.2, 0.25) is 0 Å². The molecule has 1 amide bonds. The molecule has 1 aromatic heterocycles. The number of anilines is 1. The Hall–Kier alpha value is -2.34. The molecule has 0 saturated carbocycles. The number of ether oxygens (including phenoxy) is 1. The van der Waals surface area contributed by atoms with Crippen molar-refractivity contribution in [3.05, 3.63) is 51.7 Å². The highest BCUT2D eigenvalue weighted by Gasteiger charge is 2.32. The maximum absolute atomic E-state index is 12.7. The van der Waals surface area contributed by atoms with E-state index in [4.69, 9.17) is 4.74 Å². The molecule has 1 fully saturated rings. The molecule has 1 aliphatic heterocycles. The number of nitrogens with zero attached hydrogens (tertiary/aromatic N) is 1. The van der Waals surface area contributed by atoms with E-state index in [9.17, 15) is 35.1 Å². The van der Waals surface area contributed by atoms with Crippen LogP contribution in [0, 0.1) is 0 Å². The topological polar surface area (TPSA) is 148 Å². The molecule has 2 heterocycles. The van der Waals surface area contributed by atoms with E-state index in [-0.39, 0.29) is 18.4 Å². The molecule has 0 unspecified atom stereocenters. The molecule has 9 nitrogen and oxygen atoms in total. The quantitative estimate of drug-likeness (QED) is 0.138. The Morgan fingerprint density at radius 1 is 0.976 bits per heavy atom. The van der Waals surface area contributed by atoms with Crippen LogP contribution in [0.5, 0.6) is 0 Å². The Morgan fingerprint density at radius 2 is 1.68 bits per heavy atom. The number of carbonyl (C=O) groups is 2. The molecule has 0 radical (unpaired) electrons. The normalized spacial score (nSPS) is 19.1. The fraction of sp³-hybridized carbons (Fsp3) is 0.613. The number of unbranched alkanes of at least 4 members (excludes halogenated alkanes) is 2. The van der Waals surface area contributed by atoms with Crippen molar-refractivity contribution in [2.75, 3.05) is 11.5 Å². The minimum atomic E-state index is -1.64. The summed E-state index contributed by atoms with van der Waals surface area (Å²) in [4.78, 5) is 28.4. The molecule has 1 saturated heterocycles. The number of benzene rings is 1. The summed E-state index contributed by atoms with van der Waals surface area (Å²) in [7, 11) is 0. The Bertz CT molecular complexity index is 1090. The van der Waals surface area contributed by atoms with Crippen LogP contribution >= 0.6 is 11.3 Å². The van der Waals surface area contributed by atoms with Crippen molar-refractivity contribution in [2.45, 2.75) is 115 Å². The van der Waals surface area contributed by atoms with Crippen molar-refractivity contribution in [3.63, 3.8) is 0 Å². The number of hydrogen-bond donors (Lipinski definition) is 5. The summed E-state index contributed by atoms with van der Waals surface area (Å²) in [6, 6.07) is 11.3. The third-order valence-electron chi connectivity index (χ3n) is 7.73. The third kappa shape index (κ3) is 9.33. The lowest BCUT2D eigenvalue weighted by Gasteiger charge is -2.25. The first kappa shape index (κ1) is 33.2. The number of aliphatic hydroxyl groups is 5. The highest BCUT2D eigenvalue weighted by molar-refractivity contribution is 7.13. The van der Waals surface area contributed by atoms with Crippen molar-refractivity contribution in [3.8, 4) is 0 Å². The first-order valence-corrected chi connectivity index (χ1v) is 15.6. The van der Waals surface area contributed by atoms with Gasteiger partial charge < -0.3 is 35.2 Å². The lowest BCUT2D eigenvalue weighted by molar-refractivity contribution is -0.117. The van der Waals surface area contributed by atoms with Crippen molar-refractivity contribution in [1.82, 2.24) is 0 Å². The maximum Gasteiger partial charge on any atom is 0.348 e. The zero-order chi connectivity index (χ0) is 29.9. The van der Waals surface area contributed by atoms with E-state index >= 15 is 0 Å². The molecular weight excluding hydrogens is 546 g/mol. The van der Waals surface area contributed by atoms with Gasteiger partial charge in [-0.1, -0.05) is 45.2 Å². The zero-order valence-corrected chi connectivity index (χ0v) is 24.8. The predicted octanol–water partition coefficient (Wildman–Crippen LogP) is 3.89. The van der Waals surface area contributed by atoms with Gasteiger partial charge in [0.05, 0.1) is 12.2 Å². The van der Waals surface area contributed by atoms with Crippen LogP contribution in [0.15, 0.2) is 36.4 Å². The summed E-state index contributed by atoms with van der Waals surface area (Å²) < 4.78 is 5.10. The zero-order valence-electron chi connectivity index (χ0n) is 24.0. The van der Waals surface area contributed by atoms with E-state index in [1.165, 1.54) is 11.3 Å². The average Bonchev–Trinajstić information content (AvgIpc) is 3.61. The number of esters is 1. The molecule has 0 bridgehead atoms. The van der Waals surface area contributed by atoms with Crippen LogP contribution in [-0.2, 0) is 16.0 Å². The van der Waals surface area contributed by atoms with Gasteiger partial charge in [-0.05, 0) is 68.4 Å². The van der Waals surface area contributed by atoms with Gasteiger partial charge in [-0.25, -0.2) is 4.79 Å². The molecule has 10 heteroatoms. The minimum Gasteiger partial charge on any atom is -0.459 e. The highest BCUT2D eigenvalue weighted by Crippen LogP contribution is 2.31. The van der Waals surface area contributed by atoms with Gasteiger partial charge in [-0.2, -0.15) is 0 Å². The molecule has 1 aromatic carbocycles. The first-order chi connectivity index (χ1) is 19.7. The van der Waals surface area contributed by atoms with Gasteiger partial charge in [-0.3, -0.25) is 4.79 Å². The van der Waals surface area contributed by atoms with Gasteiger partial charge in [0.1, 0.15) is 29.8 Å². The largest absolute Gasteiger partial charge is 0.459 e. The first-order valence-electron chi connectivity index (χ1n) is 14.7. The Morgan fingerprint density at radius 3 is 2.37 bits per heavy atom. The van der Waals surface area contributed by atoms with Crippen LogP contribution in [-0.4, -0.2) is 74.5 Å². The standard InChI is InChI=1S/C31H45NO8S/c1-3-5-6-10-25(34)20-11-13-22(14-12-20)32-21(15-18-28(32)36)8-7-9-23-16-17-27(41-23)31(39)40-19-26(35)30(38)29(37)24(33)4-2/h11-14,16-17,21,24-26,29-30,33-35,37-38H,3-10,15,18-19H2,1-2H3/t21-,24-,25-,26-,29-,30-/m0/s1. The minimum absolute atomic E-state index is 0.0988. The lowest BCUT2D eigenvalue weighted by Crippen LogP contribution is -2.46. The Balaban J connectivity index is 1.47. The third-order valence-corrected chi connectivity index (χ3v) is 8.85. The average molecular weight is 592 g/mol. The number of amides is 1. The summed E-state index contributed by atoms with van der Waals surface area (Å²) in [5, 5.41) is 49.9. The summed E-state index contributed by atoms with van der Waals surface area (Å²) in [5.74, 6) is -0.527. The second kappa shape index (κ2) is 16.3. The lowest BCUT2D eigenvalue weighted by atomic mass is 10.0. The second-order valence-corrected chi connectivity index (χ2v) is 12.0. The van der Waals surface area contributed by atoms with E-state index in [0.29, 0.717) is 11.3 Å². The van der Waals surface area contributed by atoms with Gasteiger partial charge in [0, 0.05) is 23.0 Å². The van der Waals surface area contributed by atoms with Crippen molar-refractivity contribution in [1.29, 1.82) is 0 Å². The molecule has 2 aromatic rings. The number of rotatable bonds is 17. The van der Waals surface area contributed by atoms with E-state index in [2.05, 4.69) is 6.92 Å². The second-order valence-electron chi connectivity index (χ2n) is 10.8. The predicted molar refractivity (Wildman–Crippen MR) is 158 cm³/mol. The molecule has 41 heavy (non-hydrogen) atoms. The van der Waals surface area contributed by atoms with E-state index < -0.39 is 43.1 Å². The smallest absolute Gasteiger partial charge is 0.348 e. The maximum atomic E-state index is 12.7. The van der Waals surface area contributed by atoms with Gasteiger partial charge in [0.2, 0.25) is 5.91 Å². The molecular formula is C31H45NO8S. The number of carbonyl (C=O) groups excluding carboxylic acids is 2. The summed E-state index contributed by atoms with van der Waals surface area (Å²) in [6.45, 7) is 3.26. The SMILES string of the molecule is CCCCC[C@H](O)c1ccc(N2C(=O)CC[C@@H]2CCCc2ccc(C(=O)OC[C@H](O)[C@H](O)[C@@H](O)[C@@H](O)CC)s2)cc1. The Kier molecular flexibility index (Phi) is 13.2. The van der Waals surface area contributed by atoms with Crippen LogP contribution in [0.1, 0.15) is 97.9 Å². The van der Waals surface area contributed by atoms with Crippen molar-refractivity contribution < 1.29 is 39.9 Å². The van der Waals surface area contributed by atoms with Crippen molar-refractivity contribution in [2.24, 2.45) is 0 Å². The highest BCUT2D eigenvalue weighted by atomic mass is 32.1. The molecule has 228 valence electrons. The molecule has 0 aliphatic carbocycles. The number of aliphatic hydroxyl groups excluding tert-OH is 5. The fourth-order valence-corrected chi connectivity index (χ4v) is 6.09. The summed E-state index contributed by atoms with van der Waals surface area (Å²) >= 11 is 1.29. The van der Waals surface area contributed by atoms with E-state index in [1.54, 1.807) is 13.0 Å². The van der Waals surface area contributed by atoms with Crippen LogP contribution in [0.4, 0.5) is 5.69 Å². The van der Waals surface area contributed by atoms with Gasteiger partial charge in [0.15, 0.2) is 0 Å². The molecule has 1 aliphatic rings. The van der Waals surface area contributed by atoms with Gasteiger partial charge >= 0.3 is 5.97 Å². The van der Waals surface area contributed by atoms with Crippen LogP contribution in [0.25, 0.3) is 0 Å². The molecule has 3 rings (SSSR count). The summed E-state index contributed by atoms with van der Waals surface area (Å²) in [6.07, 6.45) is 1.44. The van der Waals surface area contributed by atoms with E-state index in [0.717, 1.165) is 67.5 Å². The Labute approximate surface area is 246 Å².